The Bertz CT molecular complexity index is 742. The molecule has 1 saturated carbocycles. The first kappa shape index (κ1) is 16.8. The van der Waals surface area contributed by atoms with Crippen LogP contribution in [-0.4, -0.2) is 19.1 Å². The first-order chi connectivity index (χ1) is 11.5. The van der Waals surface area contributed by atoms with E-state index in [0.29, 0.717) is 16.4 Å². The molecule has 1 aliphatic rings. The van der Waals surface area contributed by atoms with E-state index in [1.165, 1.54) is 6.07 Å². The predicted molar refractivity (Wildman–Crippen MR) is 98.1 cm³/mol. The largest absolute Gasteiger partial charge is 0.497 e. The molecule has 0 amide bonds. The van der Waals surface area contributed by atoms with E-state index < -0.39 is 0 Å². The van der Waals surface area contributed by atoms with Gasteiger partial charge < -0.3 is 15.8 Å². The predicted octanol–water partition coefficient (Wildman–Crippen LogP) is 4.27. The van der Waals surface area contributed by atoms with Crippen LogP contribution < -0.4 is 15.8 Å². The maximum Gasteiger partial charge on any atom is 0.193 e. The third kappa shape index (κ3) is 3.87. The second-order valence-electron chi connectivity index (χ2n) is 5.86. The zero-order valence-electron chi connectivity index (χ0n) is 13.3. The Morgan fingerprint density at radius 3 is 2.58 bits per heavy atom. The number of nitrogens with zero attached hydrogens (tertiary/aromatic N) is 1. The van der Waals surface area contributed by atoms with Gasteiger partial charge in [0.05, 0.1) is 17.6 Å². The van der Waals surface area contributed by atoms with Crippen molar-refractivity contribution in [3.63, 3.8) is 0 Å². The number of halogens is 2. The molecule has 0 aromatic heterocycles. The Balaban J connectivity index is 1.55. The van der Waals surface area contributed by atoms with Gasteiger partial charge in [0.15, 0.2) is 5.96 Å². The topological polar surface area (TPSA) is 59.6 Å². The van der Waals surface area contributed by atoms with Crippen LogP contribution >= 0.6 is 15.9 Å². The molecule has 0 unspecified atom stereocenters. The van der Waals surface area contributed by atoms with Crippen molar-refractivity contribution in [3.05, 3.63) is 58.3 Å². The molecule has 0 saturated heterocycles. The van der Waals surface area contributed by atoms with Crippen LogP contribution in [0.25, 0.3) is 0 Å². The van der Waals surface area contributed by atoms with Crippen LogP contribution in [-0.2, 0) is 0 Å². The molecule has 2 aromatic carbocycles. The van der Waals surface area contributed by atoms with Crippen LogP contribution in [0.3, 0.4) is 0 Å². The van der Waals surface area contributed by atoms with Crippen LogP contribution in [0.2, 0.25) is 0 Å². The van der Waals surface area contributed by atoms with E-state index in [2.05, 4.69) is 26.2 Å². The summed E-state index contributed by atoms with van der Waals surface area (Å²) >= 11 is 3.23. The van der Waals surface area contributed by atoms with E-state index in [1.54, 1.807) is 7.11 Å². The number of ether oxygens (including phenoxy) is 1. The fourth-order valence-electron chi connectivity index (χ4n) is 2.78. The van der Waals surface area contributed by atoms with Crippen molar-refractivity contribution in [1.29, 1.82) is 0 Å². The third-order valence-corrected chi connectivity index (χ3v) is 4.82. The lowest BCUT2D eigenvalue weighted by Gasteiger charge is -2.33. The number of anilines is 1. The van der Waals surface area contributed by atoms with Crippen molar-refractivity contribution >= 4 is 27.6 Å². The maximum atomic E-state index is 13.3. The summed E-state index contributed by atoms with van der Waals surface area (Å²) in [6.45, 7) is 0. The SMILES string of the molecule is COc1ccc(NC(N)=NC2CC(c3ccc(F)c(Br)c3)C2)cc1. The zero-order valence-corrected chi connectivity index (χ0v) is 14.9. The van der Waals surface area contributed by atoms with E-state index in [1.807, 2.05) is 36.4 Å². The number of rotatable bonds is 4. The van der Waals surface area contributed by atoms with Crippen LogP contribution in [0.5, 0.6) is 5.75 Å². The number of hydrogen-bond acceptors (Lipinski definition) is 2. The van der Waals surface area contributed by atoms with Gasteiger partial charge in [-0.3, -0.25) is 0 Å². The van der Waals surface area contributed by atoms with Crippen molar-refractivity contribution < 1.29 is 9.13 Å². The molecule has 3 rings (SSSR count). The molecule has 0 bridgehead atoms. The highest BCUT2D eigenvalue weighted by atomic mass is 79.9. The number of guanidine groups is 1. The lowest BCUT2D eigenvalue weighted by atomic mass is 9.76. The summed E-state index contributed by atoms with van der Waals surface area (Å²) in [6, 6.07) is 12.9. The van der Waals surface area contributed by atoms with E-state index in [-0.39, 0.29) is 11.9 Å². The molecule has 6 heteroatoms. The maximum absolute atomic E-state index is 13.3. The molecule has 2 aromatic rings. The molecule has 0 heterocycles. The van der Waals surface area contributed by atoms with Gasteiger partial charge in [-0.2, -0.15) is 0 Å². The molecule has 0 atom stereocenters. The average molecular weight is 392 g/mol. The summed E-state index contributed by atoms with van der Waals surface area (Å²) in [5.41, 5.74) is 7.97. The number of hydrogen-bond donors (Lipinski definition) is 2. The van der Waals surface area contributed by atoms with Gasteiger partial charge >= 0.3 is 0 Å². The van der Waals surface area contributed by atoms with Crippen LogP contribution in [0.4, 0.5) is 10.1 Å². The minimum atomic E-state index is -0.236. The van der Waals surface area contributed by atoms with Gasteiger partial charge in [0.1, 0.15) is 11.6 Å². The lowest BCUT2D eigenvalue weighted by Crippen LogP contribution is -2.31. The molecule has 126 valence electrons. The monoisotopic (exact) mass is 391 g/mol. The standard InChI is InChI=1S/C18H19BrFN3O/c1-24-15-5-3-13(4-6-15)22-18(21)23-14-8-12(9-14)11-2-7-17(20)16(19)10-11/h2-7,10,12,14H,8-9H2,1H3,(H3,21,22,23). The highest BCUT2D eigenvalue weighted by Crippen LogP contribution is 2.39. The second kappa shape index (κ2) is 7.21. The molecule has 1 fully saturated rings. The Kier molecular flexibility index (Phi) is 5.04. The highest BCUT2D eigenvalue weighted by molar-refractivity contribution is 9.10. The van der Waals surface area contributed by atoms with Crippen LogP contribution in [0.15, 0.2) is 51.9 Å². The molecular formula is C18H19BrFN3O. The average Bonchev–Trinajstić information content (AvgIpc) is 2.54. The normalized spacial score (nSPS) is 20.4. The molecule has 24 heavy (non-hydrogen) atoms. The van der Waals surface area contributed by atoms with Crippen molar-refractivity contribution in [2.75, 3.05) is 12.4 Å². The van der Waals surface area contributed by atoms with Gasteiger partial charge in [0.2, 0.25) is 0 Å². The molecule has 1 aliphatic carbocycles. The molecule has 3 N–H and O–H groups in total. The van der Waals surface area contributed by atoms with Gasteiger partial charge in [-0.05, 0) is 76.7 Å². The molecule has 0 aliphatic heterocycles. The van der Waals surface area contributed by atoms with E-state index in [4.69, 9.17) is 10.5 Å². The summed E-state index contributed by atoms with van der Waals surface area (Å²) in [5, 5.41) is 3.08. The van der Waals surface area contributed by atoms with Gasteiger partial charge in [0.25, 0.3) is 0 Å². The number of nitrogens with two attached hydrogens (primary N) is 1. The lowest BCUT2D eigenvalue weighted by molar-refractivity contribution is 0.353. The van der Waals surface area contributed by atoms with Gasteiger partial charge in [0, 0.05) is 5.69 Å². The van der Waals surface area contributed by atoms with E-state index in [0.717, 1.165) is 29.8 Å². The molecule has 0 spiro atoms. The summed E-state index contributed by atoms with van der Waals surface area (Å²) < 4.78 is 18.9. The van der Waals surface area contributed by atoms with Gasteiger partial charge in [-0.25, -0.2) is 9.38 Å². The first-order valence-electron chi connectivity index (χ1n) is 7.74. The summed E-state index contributed by atoms with van der Waals surface area (Å²) in [4.78, 5) is 4.50. The van der Waals surface area contributed by atoms with Crippen molar-refractivity contribution in [3.8, 4) is 5.75 Å². The quantitative estimate of drug-likeness (QED) is 0.604. The van der Waals surface area contributed by atoms with Crippen molar-refractivity contribution in [1.82, 2.24) is 0 Å². The fourth-order valence-corrected chi connectivity index (χ4v) is 3.18. The minimum Gasteiger partial charge on any atom is -0.497 e. The smallest absolute Gasteiger partial charge is 0.193 e. The summed E-state index contributed by atoms with van der Waals surface area (Å²) in [6.07, 6.45) is 1.84. The van der Waals surface area contributed by atoms with E-state index >= 15 is 0 Å². The minimum absolute atomic E-state index is 0.199. The number of nitrogens with one attached hydrogen (secondary N) is 1. The van der Waals surface area contributed by atoms with E-state index in [9.17, 15) is 4.39 Å². The van der Waals surface area contributed by atoms with Crippen LogP contribution in [0.1, 0.15) is 24.3 Å². The highest BCUT2D eigenvalue weighted by Gasteiger charge is 2.30. The Labute approximate surface area is 149 Å². The molecular weight excluding hydrogens is 373 g/mol. The van der Waals surface area contributed by atoms with Gasteiger partial charge in [-0.1, -0.05) is 6.07 Å². The zero-order chi connectivity index (χ0) is 17.1. The summed E-state index contributed by atoms with van der Waals surface area (Å²) in [5.74, 6) is 1.37. The number of methoxy groups -OCH3 is 1. The Morgan fingerprint density at radius 1 is 1.25 bits per heavy atom. The molecule has 0 radical (unpaired) electrons. The fraction of sp³-hybridized carbons (Fsp3) is 0.278. The summed E-state index contributed by atoms with van der Waals surface area (Å²) in [7, 11) is 1.63. The first-order valence-corrected chi connectivity index (χ1v) is 8.53. The van der Waals surface area contributed by atoms with Crippen molar-refractivity contribution in [2.24, 2.45) is 10.7 Å². The van der Waals surface area contributed by atoms with Crippen LogP contribution in [0, 0.1) is 5.82 Å². The number of benzene rings is 2. The third-order valence-electron chi connectivity index (χ3n) is 4.21. The Hall–Kier alpha value is -2.08. The molecule has 4 nitrogen and oxygen atoms in total. The Morgan fingerprint density at radius 2 is 1.96 bits per heavy atom. The van der Waals surface area contributed by atoms with Gasteiger partial charge in [-0.15, -0.1) is 0 Å². The number of aliphatic imine (C=N–C) groups is 1. The van der Waals surface area contributed by atoms with Crippen molar-refractivity contribution in [2.45, 2.75) is 24.8 Å². The second-order valence-corrected chi connectivity index (χ2v) is 6.72.